The van der Waals surface area contributed by atoms with Gasteiger partial charge in [-0.05, 0) is 50.3 Å². The quantitative estimate of drug-likeness (QED) is 0.521. The molecule has 0 spiro atoms. The standard InChI is InChI=1S/C25H27BrO5/c1-17-8-7-12-20(27)11-4-2-3-9-18-14-21(15-23(28)24(18)25(29)31-17)30-16-19-10-5-6-13-22(19)26/h3,5-6,9-10,13-15,17,28H,2,4,7-8,11-12,16H2,1H3/t17-/m1/s1. The van der Waals surface area contributed by atoms with Crippen LogP contribution in [-0.2, 0) is 16.1 Å². The highest BCUT2D eigenvalue weighted by molar-refractivity contribution is 9.10. The van der Waals surface area contributed by atoms with Gasteiger partial charge < -0.3 is 14.6 Å². The molecule has 1 heterocycles. The number of esters is 1. The highest BCUT2D eigenvalue weighted by Gasteiger charge is 2.21. The molecule has 2 aromatic carbocycles. The van der Waals surface area contributed by atoms with Crippen LogP contribution in [0.2, 0.25) is 0 Å². The van der Waals surface area contributed by atoms with Gasteiger partial charge in [0.1, 0.15) is 29.5 Å². The first-order chi connectivity index (χ1) is 14.9. The van der Waals surface area contributed by atoms with E-state index in [9.17, 15) is 14.7 Å². The number of phenolic OH excluding ortho intramolecular Hbond substituents is 1. The summed E-state index contributed by atoms with van der Waals surface area (Å²) in [5.74, 6) is -0.0623. The molecule has 0 radical (unpaired) electrons. The molecular formula is C25H27BrO5. The molecular weight excluding hydrogens is 460 g/mol. The first-order valence-electron chi connectivity index (χ1n) is 10.6. The second-order valence-corrected chi connectivity index (χ2v) is 8.58. The fourth-order valence-corrected chi connectivity index (χ4v) is 3.87. The van der Waals surface area contributed by atoms with Crippen molar-refractivity contribution < 1.29 is 24.2 Å². The van der Waals surface area contributed by atoms with Crippen molar-refractivity contribution in [3.8, 4) is 11.5 Å². The van der Waals surface area contributed by atoms with Crippen molar-refractivity contribution in [2.45, 2.75) is 58.2 Å². The zero-order valence-electron chi connectivity index (χ0n) is 17.6. The topological polar surface area (TPSA) is 72.8 Å². The van der Waals surface area contributed by atoms with Gasteiger partial charge in [0.2, 0.25) is 0 Å². The van der Waals surface area contributed by atoms with Crippen molar-refractivity contribution in [2.75, 3.05) is 0 Å². The maximum absolute atomic E-state index is 12.8. The largest absolute Gasteiger partial charge is 0.507 e. The van der Waals surface area contributed by atoms with Gasteiger partial charge in [-0.1, -0.05) is 46.3 Å². The van der Waals surface area contributed by atoms with Gasteiger partial charge in [-0.15, -0.1) is 0 Å². The highest BCUT2D eigenvalue weighted by atomic mass is 79.9. The maximum Gasteiger partial charge on any atom is 0.342 e. The van der Waals surface area contributed by atoms with Crippen molar-refractivity contribution in [3.63, 3.8) is 0 Å². The molecule has 0 bridgehead atoms. The number of rotatable bonds is 3. The molecule has 6 heteroatoms. The molecule has 0 amide bonds. The van der Waals surface area contributed by atoms with E-state index < -0.39 is 5.97 Å². The Morgan fingerprint density at radius 2 is 1.94 bits per heavy atom. The monoisotopic (exact) mass is 486 g/mol. The Labute approximate surface area is 191 Å². The number of benzene rings is 2. The second kappa shape index (κ2) is 11.1. The number of carbonyl (C=O) groups excluding carboxylic acids is 2. The van der Waals surface area contributed by atoms with E-state index in [1.54, 1.807) is 19.1 Å². The van der Waals surface area contributed by atoms with Crippen LogP contribution in [-0.4, -0.2) is 23.0 Å². The van der Waals surface area contributed by atoms with Gasteiger partial charge in [-0.2, -0.15) is 0 Å². The van der Waals surface area contributed by atoms with E-state index in [1.807, 2.05) is 30.3 Å². The third-order valence-electron chi connectivity index (χ3n) is 5.18. The highest BCUT2D eigenvalue weighted by Crippen LogP contribution is 2.31. The summed E-state index contributed by atoms with van der Waals surface area (Å²) in [6, 6.07) is 10.9. The molecule has 1 N–H and O–H groups in total. The van der Waals surface area contributed by atoms with E-state index in [2.05, 4.69) is 15.9 Å². The molecule has 0 aromatic heterocycles. The Bertz CT molecular complexity index is 966. The SMILES string of the molecule is C[C@@H]1CCCC(=O)CCCC=Cc2cc(OCc3ccccc3Br)cc(O)c2C(=O)O1. The number of ether oxygens (including phenoxy) is 2. The van der Waals surface area contributed by atoms with E-state index in [-0.39, 0.29) is 23.2 Å². The van der Waals surface area contributed by atoms with Crippen molar-refractivity contribution >= 4 is 33.8 Å². The average molecular weight is 487 g/mol. The fourth-order valence-electron chi connectivity index (χ4n) is 3.48. The van der Waals surface area contributed by atoms with Crippen LogP contribution in [0.25, 0.3) is 6.08 Å². The minimum absolute atomic E-state index is 0.129. The van der Waals surface area contributed by atoms with E-state index in [0.717, 1.165) is 16.5 Å². The summed E-state index contributed by atoms with van der Waals surface area (Å²) in [5.41, 5.74) is 1.63. The van der Waals surface area contributed by atoms with E-state index >= 15 is 0 Å². The first-order valence-corrected chi connectivity index (χ1v) is 11.4. The number of Topliss-reactive ketones (excluding diaryl/α,β-unsaturated/α-hetero) is 1. The first kappa shape index (κ1) is 23.1. The molecule has 0 aliphatic carbocycles. The number of allylic oxidation sites excluding steroid dienone is 1. The summed E-state index contributed by atoms with van der Waals surface area (Å²) in [5, 5.41) is 10.6. The van der Waals surface area contributed by atoms with Crippen LogP contribution in [0, 0.1) is 0 Å². The van der Waals surface area contributed by atoms with Crippen LogP contribution in [0.15, 0.2) is 46.9 Å². The van der Waals surface area contributed by atoms with Crippen LogP contribution >= 0.6 is 15.9 Å². The van der Waals surface area contributed by atoms with Gasteiger partial charge in [-0.3, -0.25) is 4.79 Å². The lowest BCUT2D eigenvalue weighted by molar-refractivity contribution is -0.119. The van der Waals surface area contributed by atoms with Gasteiger partial charge in [0.25, 0.3) is 0 Å². The molecule has 3 rings (SSSR count). The van der Waals surface area contributed by atoms with E-state index in [0.29, 0.717) is 50.0 Å². The summed E-state index contributed by atoms with van der Waals surface area (Å²) in [6.45, 7) is 2.11. The normalized spacial score (nSPS) is 18.1. The molecule has 5 nitrogen and oxygen atoms in total. The summed E-state index contributed by atoms with van der Waals surface area (Å²) >= 11 is 3.50. The molecule has 1 atom stereocenters. The predicted octanol–water partition coefficient (Wildman–Crippen LogP) is 6.22. The number of hydrogen-bond acceptors (Lipinski definition) is 5. The zero-order chi connectivity index (χ0) is 22.2. The molecule has 1 aliphatic heterocycles. The van der Waals surface area contributed by atoms with Gasteiger partial charge in [0.15, 0.2) is 0 Å². The van der Waals surface area contributed by atoms with Gasteiger partial charge >= 0.3 is 5.97 Å². The number of fused-ring (bicyclic) bond motifs is 1. The molecule has 0 unspecified atom stereocenters. The maximum atomic E-state index is 12.8. The number of halogens is 1. The number of hydrogen-bond donors (Lipinski definition) is 1. The number of cyclic esters (lactones) is 1. The minimum Gasteiger partial charge on any atom is -0.507 e. The lowest BCUT2D eigenvalue weighted by Crippen LogP contribution is -2.17. The Morgan fingerprint density at radius 3 is 2.74 bits per heavy atom. The van der Waals surface area contributed by atoms with E-state index in [1.165, 1.54) is 6.07 Å². The number of aromatic hydroxyl groups is 1. The fraction of sp³-hybridized carbons (Fsp3) is 0.360. The van der Waals surface area contributed by atoms with Crippen molar-refractivity contribution in [1.82, 2.24) is 0 Å². The van der Waals surface area contributed by atoms with E-state index in [4.69, 9.17) is 9.47 Å². The molecule has 31 heavy (non-hydrogen) atoms. The average Bonchev–Trinajstić information content (AvgIpc) is 2.72. The lowest BCUT2D eigenvalue weighted by Gasteiger charge is -2.17. The molecule has 0 saturated heterocycles. The van der Waals surface area contributed by atoms with Gasteiger partial charge in [0, 0.05) is 28.9 Å². The summed E-state index contributed by atoms with van der Waals surface area (Å²) in [4.78, 5) is 24.7. The Balaban J connectivity index is 1.86. The van der Waals surface area contributed by atoms with Crippen molar-refractivity contribution in [2.24, 2.45) is 0 Å². The molecule has 0 fully saturated rings. The number of phenols is 1. The van der Waals surface area contributed by atoms with Crippen LogP contribution < -0.4 is 4.74 Å². The van der Waals surface area contributed by atoms with Crippen LogP contribution in [0.3, 0.4) is 0 Å². The molecule has 1 aliphatic rings. The summed E-state index contributed by atoms with van der Waals surface area (Å²) < 4.78 is 12.3. The second-order valence-electron chi connectivity index (χ2n) is 7.73. The number of carbonyl (C=O) groups is 2. The molecule has 2 aromatic rings. The third kappa shape index (κ3) is 6.69. The molecule has 0 saturated carbocycles. The van der Waals surface area contributed by atoms with Gasteiger partial charge in [-0.25, -0.2) is 4.79 Å². The Hall–Kier alpha value is -2.60. The smallest absolute Gasteiger partial charge is 0.342 e. The van der Waals surface area contributed by atoms with Crippen molar-refractivity contribution in [3.05, 3.63) is 63.6 Å². The Morgan fingerprint density at radius 1 is 1.16 bits per heavy atom. The zero-order valence-corrected chi connectivity index (χ0v) is 19.2. The lowest BCUT2D eigenvalue weighted by atomic mass is 10.0. The Kier molecular flexibility index (Phi) is 8.29. The summed E-state index contributed by atoms with van der Waals surface area (Å²) in [6.07, 6.45) is 7.16. The third-order valence-corrected chi connectivity index (χ3v) is 5.95. The van der Waals surface area contributed by atoms with Crippen LogP contribution in [0.5, 0.6) is 11.5 Å². The predicted molar refractivity (Wildman–Crippen MR) is 123 cm³/mol. The number of ketones is 1. The minimum atomic E-state index is -0.578. The molecule has 164 valence electrons. The van der Waals surface area contributed by atoms with Gasteiger partial charge in [0.05, 0.1) is 6.10 Å². The van der Waals surface area contributed by atoms with Crippen molar-refractivity contribution in [1.29, 1.82) is 0 Å². The van der Waals surface area contributed by atoms with Crippen LogP contribution in [0.1, 0.15) is 66.9 Å². The van der Waals surface area contributed by atoms with Crippen LogP contribution in [0.4, 0.5) is 0 Å². The summed E-state index contributed by atoms with van der Waals surface area (Å²) in [7, 11) is 0.